The van der Waals surface area contributed by atoms with Crippen LogP contribution in [0.2, 0.25) is 0 Å². The van der Waals surface area contributed by atoms with Gasteiger partial charge in [0.2, 0.25) is 5.91 Å². The topological polar surface area (TPSA) is 87.7 Å². The molecule has 2 aromatic rings. The lowest BCUT2D eigenvalue weighted by atomic mass is 10.2. The summed E-state index contributed by atoms with van der Waals surface area (Å²) in [7, 11) is 1.63. The third kappa shape index (κ3) is 4.72. The largest absolute Gasteiger partial charge is 0.497 e. The highest BCUT2D eigenvalue weighted by atomic mass is 16.5. The van der Waals surface area contributed by atoms with Crippen LogP contribution in [0.15, 0.2) is 36.4 Å². The number of anilines is 1. The lowest BCUT2D eigenvalue weighted by Gasteiger charge is -2.33. The van der Waals surface area contributed by atoms with Gasteiger partial charge < -0.3 is 19.9 Å². The first-order chi connectivity index (χ1) is 13.1. The number of piperazine rings is 1. The number of nitrogens with zero attached hydrogens (tertiary/aromatic N) is 4. The Kier molecular flexibility index (Phi) is 5.85. The molecule has 3 rings (SSSR count). The Bertz CT molecular complexity index is 784. The van der Waals surface area contributed by atoms with E-state index in [1.54, 1.807) is 36.0 Å². The van der Waals surface area contributed by atoms with Gasteiger partial charge in [-0.05, 0) is 29.8 Å². The second kappa shape index (κ2) is 8.48. The lowest BCUT2D eigenvalue weighted by Crippen LogP contribution is -2.50. The molecule has 142 valence electrons. The minimum Gasteiger partial charge on any atom is -0.497 e. The molecule has 2 heterocycles. The Morgan fingerprint density at radius 2 is 1.67 bits per heavy atom. The van der Waals surface area contributed by atoms with Gasteiger partial charge in [0, 0.05) is 39.6 Å². The molecule has 2 amide bonds. The summed E-state index contributed by atoms with van der Waals surface area (Å²) in [5.74, 6) is 1.29. The van der Waals surface area contributed by atoms with E-state index in [1.165, 1.54) is 0 Å². The maximum absolute atomic E-state index is 12.5. The van der Waals surface area contributed by atoms with Crippen molar-refractivity contribution in [3.8, 4) is 5.75 Å². The van der Waals surface area contributed by atoms with Gasteiger partial charge in [-0.1, -0.05) is 12.1 Å². The van der Waals surface area contributed by atoms with Gasteiger partial charge in [-0.25, -0.2) is 0 Å². The molecular weight excluding hydrogens is 346 g/mol. The van der Waals surface area contributed by atoms with E-state index in [9.17, 15) is 9.59 Å². The van der Waals surface area contributed by atoms with Crippen LogP contribution < -0.4 is 10.1 Å². The van der Waals surface area contributed by atoms with Gasteiger partial charge in [-0.2, -0.15) is 0 Å². The summed E-state index contributed by atoms with van der Waals surface area (Å²) in [6.07, 6.45) is 0. The number of carbonyl (C=O) groups is 2. The first-order valence-electron chi connectivity index (χ1n) is 8.82. The quantitative estimate of drug-likeness (QED) is 0.857. The number of hydrogen-bond acceptors (Lipinski definition) is 6. The molecule has 0 aliphatic carbocycles. The summed E-state index contributed by atoms with van der Waals surface area (Å²) in [6, 6.07) is 11.2. The first-order valence-corrected chi connectivity index (χ1v) is 8.82. The second-order valence-electron chi connectivity index (χ2n) is 6.30. The zero-order chi connectivity index (χ0) is 19.2. The van der Waals surface area contributed by atoms with Crippen LogP contribution in [0.4, 0.5) is 5.82 Å². The number of aromatic nitrogens is 2. The number of methoxy groups -OCH3 is 1. The van der Waals surface area contributed by atoms with E-state index in [4.69, 9.17) is 4.74 Å². The molecule has 0 unspecified atom stereocenters. The van der Waals surface area contributed by atoms with Crippen LogP contribution in [0.1, 0.15) is 23.0 Å². The van der Waals surface area contributed by atoms with Gasteiger partial charge in [0.1, 0.15) is 11.6 Å². The molecule has 0 bridgehead atoms. The predicted molar refractivity (Wildman–Crippen MR) is 101 cm³/mol. The molecule has 1 aliphatic rings. The average Bonchev–Trinajstić information content (AvgIpc) is 2.72. The van der Waals surface area contributed by atoms with Crippen LogP contribution in [0.5, 0.6) is 5.75 Å². The second-order valence-corrected chi connectivity index (χ2v) is 6.30. The van der Waals surface area contributed by atoms with Crippen LogP contribution in [-0.2, 0) is 11.3 Å². The fourth-order valence-corrected chi connectivity index (χ4v) is 2.86. The van der Waals surface area contributed by atoms with Crippen LogP contribution in [0, 0.1) is 0 Å². The number of hydrogen-bond donors (Lipinski definition) is 1. The molecule has 1 N–H and O–H groups in total. The molecule has 1 aromatic heterocycles. The minimum absolute atomic E-state index is 0.0363. The number of rotatable bonds is 5. The number of benzene rings is 1. The Balaban J connectivity index is 1.53. The van der Waals surface area contributed by atoms with E-state index < -0.39 is 0 Å². The Morgan fingerprint density at radius 1 is 1.00 bits per heavy atom. The summed E-state index contributed by atoms with van der Waals surface area (Å²) in [6.45, 7) is 4.26. The maximum atomic E-state index is 12.5. The summed E-state index contributed by atoms with van der Waals surface area (Å²) in [5.41, 5.74) is 1.39. The van der Waals surface area contributed by atoms with Crippen molar-refractivity contribution in [2.75, 3.05) is 38.6 Å². The van der Waals surface area contributed by atoms with E-state index in [-0.39, 0.29) is 11.8 Å². The fourth-order valence-electron chi connectivity index (χ4n) is 2.86. The summed E-state index contributed by atoms with van der Waals surface area (Å²) in [4.78, 5) is 27.3. The van der Waals surface area contributed by atoms with Crippen LogP contribution in [-0.4, -0.2) is 65.1 Å². The van der Waals surface area contributed by atoms with Crippen molar-refractivity contribution in [3.63, 3.8) is 0 Å². The van der Waals surface area contributed by atoms with Crippen molar-refractivity contribution < 1.29 is 14.3 Å². The Morgan fingerprint density at radius 3 is 2.22 bits per heavy atom. The Hall–Kier alpha value is -3.16. The van der Waals surface area contributed by atoms with E-state index >= 15 is 0 Å². The molecule has 8 heteroatoms. The van der Waals surface area contributed by atoms with Gasteiger partial charge >= 0.3 is 0 Å². The molecule has 1 aliphatic heterocycles. The number of carbonyl (C=O) groups excluding carboxylic acids is 2. The van der Waals surface area contributed by atoms with Crippen molar-refractivity contribution in [3.05, 3.63) is 47.7 Å². The zero-order valence-corrected chi connectivity index (χ0v) is 15.5. The van der Waals surface area contributed by atoms with Crippen LogP contribution in [0.25, 0.3) is 0 Å². The van der Waals surface area contributed by atoms with Crippen LogP contribution in [0.3, 0.4) is 0 Å². The third-order valence-corrected chi connectivity index (χ3v) is 4.53. The maximum Gasteiger partial charge on any atom is 0.274 e. The summed E-state index contributed by atoms with van der Waals surface area (Å²) < 4.78 is 5.14. The zero-order valence-electron chi connectivity index (χ0n) is 15.5. The monoisotopic (exact) mass is 369 g/mol. The van der Waals surface area contributed by atoms with Crippen molar-refractivity contribution in [2.24, 2.45) is 0 Å². The molecule has 1 saturated heterocycles. The van der Waals surface area contributed by atoms with Gasteiger partial charge in [0.05, 0.1) is 7.11 Å². The molecule has 0 spiro atoms. The third-order valence-electron chi connectivity index (χ3n) is 4.53. The number of amides is 2. The normalized spacial score (nSPS) is 14.0. The average molecular weight is 369 g/mol. The first kappa shape index (κ1) is 18.6. The molecule has 1 aromatic carbocycles. The van der Waals surface area contributed by atoms with Gasteiger partial charge in [-0.3, -0.25) is 9.59 Å². The highest BCUT2D eigenvalue weighted by Gasteiger charge is 2.24. The Labute approximate surface area is 158 Å². The van der Waals surface area contributed by atoms with E-state index in [0.29, 0.717) is 44.2 Å². The standard InChI is InChI=1S/C19H23N5O3/c1-14(25)23-9-11-24(12-10-23)19(26)17-7-8-18(22-21-17)20-13-15-3-5-16(27-2)6-4-15/h3-8H,9-13H2,1-2H3,(H,20,22). The van der Waals surface area contributed by atoms with E-state index in [0.717, 1.165) is 11.3 Å². The summed E-state index contributed by atoms with van der Waals surface area (Å²) >= 11 is 0. The molecule has 0 radical (unpaired) electrons. The number of ether oxygens (including phenoxy) is 1. The smallest absolute Gasteiger partial charge is 0.274 e. The summed E-state index contributed by atoms with van der Waals surface area (Å²) in [5, 5.41) is 11.3. The van der Waals surface area contributed by atoms with Gasteiger partial charge in [0.15, 0.2) is 5.69 Å². The molecule has 0 saturated carbocycles. The van der Waals surface area contributed by atoms with Gasteiger partial charge in [0.25, 0.3) is 5.91 Å². The van der Waals surface area contributed by atoms with E-state index in [2.05, 4.69) is 15.5 Å². The lowest BCUT2D eigenvalue weighted by molar-refractivity contribution is -0.130. The van der Waals surface area contributed by atoms with Crippen molar-refractivity contribution >= 4 is 17.6 Å². The fraction of sp³-hybridized carbons (Fsp3) is 0.368. The number of nitrogens with one attached hydrogen (secondary N) is 1. The van der Waals surface area contributed by atoms with Crippen molar-refractivity contribution in [1.29, 1.82) is 0 Å². The minimum atomic E-state index is -0.160. The molecule has 8 nitrogen and oxygen atoms in total. The van der Waals surface area contributed by atoms with Crippen LogP contribution >= 0.6 is 0 Å². The van der Waals surface area contributed by atoms with Gasteiger partial charge in [-0.15, -0.1) is 10.2 Å². The SMILES string of the molecule is COc1ccc(CNc2ccc(C(=O)N3CCN(C(C)=O)CC3)nn2)cc1. The molecule has 27 heavy (non-hydrogen) atoms. The van der Waals surface area contributed by atoms with Crippen molar-refractivity contribution in [2.45, 2.75) is 13.5 Å². The highest BCUT2D eigenvalue weighted by Crippen LogP contribution is 2.13. The molecule has 0 atom stereocenters. The highest BCUT2D eigenvalue weighted by molar-refractivity contribution is 5.92. The van der Waals surface area contributed by atoms with E-state index in [1.807, 2.05) is 24.3 Å². The van der Waals surface area contributed by atoms with Crippen molar-refractivity contribution in [1.82, 2.24) is 20.0 Å². The molecule has 1 fully saturated rings. The predicted octanol–water partition coefficient (Wildman–Crippen LogP) is 1.40. The molecular formula is C19H23N5O3.